The summed E-state index contributed by atoms with van der Waals surface area (Å²) in [6, 6.07) is 5.15. The van der Waals surface area contributed by atoms with Crippen LogP contribution in [0.3, 0.4) is 0 Å². The zero-order chi connectivity index (χ0) is 15.5. The number of fused-ring (bicyclic) bond motifs is 1. The van der Waals surface area contributed by atoms with Gasteiger partial charge in [0.1, 0.15) is 11.0 Å². The van der Waals surface area contributed by atoms with Crippen molar-refractivity contribution in [3.8, 4) is 0 Å². The number of carbonyl (C=O) groups excluding carboxylic acids is 1. The first-order valence-corrected chi connectivity index (χ1v) is 7.71. The maximum Gasteiger partial charge on any atom is 0.272 e. The maximum absolute atomic E-state index is 12.7. The van der Waals surface area contributed by atoms with Crippen LogP contribution < -0.4 is 5.32 Å². The lowest BCUT2D eigenvalue weighted by Crippen LogP contribution is -2.49. The summed E-state index contributed by atoms with van der Waals surface area (Å²) >= 11 is 5.37. The summed E-state index contributed by atoms with van der Waals surface area (Å²) in [5, 5.41) is 14.8. The number of rotatable bonds is 3. The van der Waals surface area contributed by atoms with E-state index < -0.39 is 0 Å². The largest absolute Gasteiger partial charge is 0.361 e. The fraction of sp³-hybridized carbons (Fsp3) is 0.429. The average Bonchev–Trinajstić information content (AvgIpc) is 3.19. The second-order valence-electron chi connectivity index (χ2n) is 5.10. The third-order valence-corrected chi connectivity index (χ3v) is 3.88. The minimum absolute atomic E-state index is 0.0944. The molecule has 1 aromatic carbocycles. The van der Waals surface area contributed by atoms with Crippen LogP contribution in [0.1, 0.15) is 30.1 Å². The molecule has 0 saturated carbocycles. The van der Waals surface area contributed by atoms with Gasteiger partial charge in [0.2, 0.25) is 0 Å². The van der Waals surface area contributed by atoms with Crippen LogP contribution in [0.25, 0.3) is 11.0 Å². The van der Waals surface area contributed by atoms with E-state index in [9.17, 15) is 4.79 Å². The lowest BCUT2D eigenvalue weighted by molar-refractivity contribution is 0.0492. The summed E-state index contributed by atoms with van der Waals surface area (Å²) in [4.78, 5) is 12.7. The van der Waals surface area contributed by atoms with Gasteiger partial charge in [0, 0.05) is 25.2 Å². The van der Waals surface area contributed by atoms with Crippen LogP contribution in [-0.4, -0.2) is 51.0 Å². The number of hydrazine groups is 1. The number of nitrogens with one attached hydrogen (secondary N) is 1. The summed E-state index contributed by atoms with van der Waals surface area (Å²) in [7, 11) is 0. The number of nitrogens with zero attached hydrogens (tertiary/aromatic N) is 4. The highest BCUT2D eigenvalue weighted by atomic mass is 32.1. The Balaban J connectivity index is 1.79. The molecule has 2 aromatic rings. The molecule has 1 aliphatic heterocycles. The number of thiocarbonyl (C=S) groups is 1. The van der Waals surface area contributed by atoms with E-state index >= 15 is 0 Å². The molecule has 0 atom stereocenters. The molecule has 22 heavy (non-hydrogen) atoms. The number of hydrogen-bond acceptors (Lipinski definition) is 5. The Kier molecular flexibility index (Phi) is 4.19. The van der Waals surface area contributed by atoms with Crippen molar-refractivity contribution in [1.82, 2.24) is 25.6 Å². The van der Waals surface area contributed by atoms with Gasteiger partial charge in [-0.15, -0.1) is 0 Å². The number of amides is 1. The minimum Gasteiger partial charge on any atom is -0.361 e. The SMILES string of the molecule is CCCNC(=S)N1CCCN1C(=O)c1ccc2nonc2c1. The molecule has 8 heteroatoms. The van der Waals surface area contributed by atoms with Crippen molar-refractivity contribution >= 4 is 34.3 Å². The summed E-state index contributed by atoms with van der Waals surface area (Å²) in [6.45, 7) is 4.27. The number of aromatic nitrogens is 2. The van der Waals surface area contributed by atoms with Crippen LogP contribution in [0.5, 0.6) is 0 Å². The van der Waals surface area contributed by atoms with Crippen LogP contribution >= 0.6 is 12.2 Å². The zero-order valence-corrected chi connectivity index (χ0v) is 13.1. The maximum atomic E-state index is 12.7. The van der Waals surface area contributed by atoms with Crippen molar-refractivity contribution in [3.63, 3.8) is 0 Å². The first-order valence-electron chi connectivity index (χ1n) is 7.30. The molecule has 1 amide bonds. The van der Waals surface area contributed by atoms with Crippen molar-refractivity contribution < 1.29 is 9.42 Å². The van der Waals surface area contributed by atoms with Crippen molar-refractivity contribution in [3.05, 3.63) is 23.8 Å². The third kappa shape index (κ3) is 2.74. The average molecular weight is 319 g/mol. The lowest BCUT2D eigenvalue weighted by atomic mass is 10.2. The van der Waals surface area contributed by atoms with Crippen LogP contribution in [-0.2, 0) is 0 Å². The van der Waals surface area contributed by atoms with Crippen LogP contribution in [0, 0.1) is 0 Å². The lowest BCUT2D eigenvalue weighted by Gasteiger charge is -2.30. The van der Waals surface area contributed by atoms with Gasteiger partial charge in [0.15, 0.2) is 5.11 Å². The molecule has 0 radical (unpaired) electrons. The first-order chi connectivity index (χ1) is 10.7. The second-order valence-corrected chi connectivity index (χ2v) is 5.49. The highest BCUT2D eigenvalue weighted by Gasteiger charge is 2.29. The number of hydrogen-bond donors (Lipinski definition) is 1. The summed E-state index contributed by atoms with van der Waals surface area (Å²) in [5.41, 5.74) is 1.76. The fourth-order valence-electron chi connectivity index (χ4n) is 2.42. The molecule has 0 spiro atoms. The molecule has 7 nitrogen and oxygen atoms in total. The van der Waals surface area contributed by atoms with Gasteiger partial charge in [-0.3, -0.25) is 9.80 Å². The van der Waals surface area contributed by atoms with E-state index in [0.717, 1.165) is 25.9 Å². The van der Waals surface area contributed by atoms with Gasteiger partial charge >= 0.3 is 0 Å². The molecule has 1 fully saturated rings. The Bertz CT molecular complexity index is 701. The standard InChI is InChI=1S/C14H17N5O2S/c1-2-6-15-14(22)19-8-3-7-18(19)13(20)10-4-5-11-12(9-10)17-21-16-11/h4-5,9H,2-3,6-8H2,1H3,(H,15,22). The van der Waals surface area contributed by atoms with Gasteiger partial charge in [0.05, 0.1) is 0 Å². The molecule has 116 valence electrons. The molecule has 0 aliphatic carbocycles. The Hall–Kier alpha value is -2.22. The predicted molar refractivity (Wildman–Crippen MR) is 85.1 cm³/mol. The van der Waals surface area contributed by atoms with E-state index in [1.165, 1.54) is 0 Å². The van der Waals surface area contributed by atoms with Gasteiger partial charge in [-0.1, -0.05) is 6.92 Å². The molecular formula is C14H17N5O2S. The van der Waals surface area contributed by atoms with Crippen molar-refractivity contribution in [2.24, 2.45) is 0 Å². The smallest absolute Gasteiger partial charge is 0.272 e. The fourth-order valence-corrected chi connectivity index (χ4v) is 2.71. The van der Waals surface area contributed by atoms with Crippen LogP contribution in [0.2, 0.25) is 0 Å². The monoisotopic (exact) mass is 319 g/mol. The Morgan fingerprint density at radius 2 is 2.09 bits per heavy atom. The number of carbonyl (C=O) groups is 1. The minimum atomic E-state index is -0.0944. The van der Waals surface area contributed by atoms with Crippen molar-refractivity contribution in [1.29, 1.82) is 0 Å². The summed E-state index contributed by atoms with van der Waals surface area (Å²) < 4.78 is 4.66. The molecular weight excluding hydrogens is 302 g/mol. The molecule has 1 aromatic heterocycles. The Labute approximate surface area is 133 Å². The molecule has 1 N–H and O–H groups in total. The third-order valence-electron chi connectivity index (χ3n) is 3.53. The molecule has 3 rings (SSSR count). The van der Waals surface area contributed by atoms with E-state index in [0.29, 0.717) is 28.3 Å². The van der Waals surface area contributed by atoms with Gasteiger partial charge < -0.3 is 5.32 Å². The second kappa shape index (κ2) is 6.27. The molecule has 2 heterocycles. The van der Waals surface area contributed by atoms with Gasteiger partial charge in [-0.05, 0) is 53.6 Å². The first kappa shape index (κ1) is 14.7. The van der Waals surface area contributed by atoms with E-state index in [-0.39, 0.29) is 5.91 Å². The summed E-state index contributed by atoms with van der Waals surface area (Å²) in [6.07, 6.45) is 1.88. The van der Waals surface area contributed by atoms with Crippen molar-refractivity contribution in [2.45, 2.75) is 19.8 Å². The molecule has 0 bridgehead atoms. The van der Waals surface area contributed by atoms with Crippen LogP contribution in [0.4, 0.5) is 0 Å². The number of benzene rings is 1. The van der Waals surface area contributed by atoms with Crippen LogP contribution in [0.15, 0.2) is 22.8 Å². The van der Waals surface area contributed by atoms with E-state index in [1.807, 2.05) is 5.01 Å². The van der Waals surface area contributed by atoms with E-state index in [1.54, 1.807) is 23.2 Å². The van der Waals surface area contributed by atoms with Gasteiger partial charge in [0.25, 0.3) is 5.91 Å². The molecule has 0 unspecified atom stereocenters. The van der Waals surface area contributed by atoms with Gasteiger partial charge in [-0.25, -0.2) is 9.64 Å². The topological polar surface area (TPSA) is 74.5 Å². The highest BCUT2D eigenvalue weighted by molar-refractivity contribution is 7.80. The Morgan fingerprint density at radius 1 is 1.32 bits per heavy atom. The molecule has 1 aliphatic rings. The van der Waals surface area contributed by atoms with Gasteiger partial charge in [-0.2, -0.15) is 0 Å². The predicted octanol–water partition coefficient (Wildman–Crippen LogP) is 1.57. The van der Waals surface area contributed by atoms with Crippen molar-refractivity contribution in [2.75, 3.05) is 19.6 Å². The zero-order valence-electron chi connectivity index (χ0n) is 12.3. The molecule has 1 saturated heterocycles. The summed E-state index contributed by atoms with van der Waals surface area (Å²) in [5.74, 6) is -0.0944. The normalized spacial score (nSPS) is 14.6. The Morgan fingerprint density at radius 3 is 2.91 bits per heavy atom. The highest BCUT2D eigenvalue weighted by Crippen LogP contribution is 2.18. The van der Waals surface area contributed by atoms with E-state index in [4.69, 9.17) is 12.2 Å². The quantitative estimate of drug-likeness (QED) is 0.861. The van der Waals surface area contributed by atoms with E-state index in [2.05, 4.69) is 27.2 Å².